The van der Waals surface area contributed by atoms with Crippen LogP contribution in [0.1, 0.15) is 30.5 Å². The highest BCUT2D eigenvalue weighted by molar-refractivity contribution is 6.30. The first-order valence-corrected chi connectivity index (χ1v) is 6.79. The highest BCUT2D eigenvalue weighted by Gasteiger charge is 2.20. The van der Waals surface area contributed by atoms with Crippen LogP contribution in [0.4, 0.5) is 8.78 Å². The second-order valence-corrected chi connectivity index (χ2v) is 4.89. The summed E-state index contributed by atoms with van der Waals surface area (Å²) in [5, 5.41) is 3.56. The molecule has 0 amide bonds. The molecular formula is C15H15ClF2N2. The Balaban J connectivity index is 2.47. The number of nitrogens with zero attached hydrogens (tertiary/aromatic N) is 1. The third-order valence-electron chi connectivity index (χ3n) is 2.98. The zero-order valence-corrected chi connectivity index (χ0v) is 11.8. The van der Waals surface area contributed by atoms with Crippen molar-refractivity contribution in [3.8, 4) is 0 Å². The molecule has 2 nitrogen and oxygen atoms in total. The van der Waals surface area contributed by atoms with E-state index >= 15 is 0 Å². The fourth-order valence-corrected chi connectivity index (χ4v) is 2.21. The largest absolute Gasteiger partial charge is 0.306 e. The van der Waals surface area contributed by atoms with E-state index in [9.17, 15) is 8.78 Å². The van der Waals surface area contributed by atoms with Gasteiger partial charge in [0.1, 0.15) is 11.6 Å². The van der Waals surface area contributed by atoms with Crippen molar-refractivity contribution in [1.82, 2.24) is 10.3 Å². The van der Waals surface area contributed by atoms with E-state index in [-0.39, 0.29) is 0 Å². The van der Waals surface area contributed by atoms with Crippen molar-refractivity contribution in [3.05, 3.63) is 64.4 Å². The third-order valence-corrected chi connectivity index (χ3v) is 3.22. The van der Waals surface area contributed by atoms with Gasteiger partial charge in [0.15, 0.2) is 0 Å². The van der Waals surface area contributed by atoms with Crippen LogP contribution in [-0.4, -0.2) is 11.5 Å². The lowest BCUT2D eigenvalue weighted by Gasteiger charge is -2.20. The Morgan fingerprint density at radius 1 is 1.20 bits per heavy atom. The van der Waals surface area contributed by atoms with E-state index in [0.29, 0.717) is 22.7 Å². The van der Waals surface area contributed by atoms with Crippen LogP contribution in [-0.2, 0) is 0 Å². The van der Waals surface area contributed by atoms with Gasteiger partial charge in [0.2, 0.25) is 0 Å². The zero-order valence-electron chi connectivity index (χ0n) is 11.0. The monoisotopic (exact) mass is 296 g/mol. The van der Waals surface area contributed by atoms with Crippen molar-refractivity contribution in [2.24, 2.45) is 0 Å². The first kappa shape index (κ1) is 14.9. The highest BCUT2D eigenvalue weighted by Crippen LogP contribution is 2.28. The number of nitrogens with one attached hydrogen (secondary N) is 1. The Labute approximate surface area is 121 Å². The van der Waals surface area contributed by atoms with Crippen molar-refractivity contribution in [2.75, 3.05) is 6.54 Å². The molecular weight excluding hydrogens is 282 g/mol. The van der Waals surface area contributed by atoms with Gasteiger partial charge >= 0.3 is 0 Å². The van der Waals surface area contributed by atoms with Gasteiger partial charge in [0, 0.05) is 22.3 Å². The molecule has 1 aromatic carbocycles. The summed E-state index contributed by atoms with van der Waals surface area (Å²) in [6.45, 7) is 2.62. The topological polar surface area (TPSA) is 24.9 Å². The number of hydrogen-bond acceptors (Lipinski definition) is 2. The van der Waals surface area contributed by atoms with Crippen LogP contribution >= 0.6 is 11.6 Å². The molecule has 0 saturated heterocycles. The molecule has 1 heterocycles. The second-order valence-electron chi connectivity index (χ2n) is 4.45. The van der Waals surface area contributed by atoms with E-state index in [1.54, 1.807) is 6.07 Å². The van der Waals surface area contributed by atoms with Gasteiger partial charge < -0.3 is 5.32 Å². The fraction of sp³-hybridized carbons (Fsp3) is 0.267. The van der Waals surface area contributed by atoms with E-state index in [0.717, 1.165) is 12.6 Å². The summed E-state index contributed by atoms with van der Waals surface area (Å²) in [5.74, 6) is -0.889. The van der Waals surface area contributed by atoms with Crippen LogP contribution in [0.5, 0.6) is 0 Å². The zero-order chi connectivity index (χ0) is 14.5. The maximum atomic E-state index is 14.0. The molecule has 0 spiro atoms. The molecule has 1 atom stereocenters. The molecule has 0 aliphatic rings. The molecule has 0 radical (unpaired) electrons. The molecule has 0 aliphatic heterocycles. The average Bonchev–Trinajstić information content (AvgIpc) is 2.44. The second kappa shape index (κ2) is 6.77. The van der Waals surface area contributed by atoms with E-state index in [4.69, 9.17) is 11.6 Å². The van der Waals surface area contributed by atoms with Crippen molar-refractivity contribution in [1.29, 1.82) is 0 Å². The average molecular weight is 297 g/mol. The fourth-order valence-electron chi connectivity index (χ4n) is 2.03. The summed E-state index contributed by atoms with van der Waals surface area (Å²) >= 11 is 5.92. The summed E-state index contributed by atoms with van der Waals surface area (Å²) in [6, 6.07) is 5.24. The van der Waals surface area contributed by atoms with Gasteiger partial charge in [-0.3, -0.25) is 4.98 Å². The number of pyridine rings is 1. The Hall–Kier alpha value is -1.52. The summed E-state index contributed by atoms with van der Waals surface area (Å²) in [6.07, 6.45) is 3.46. The minimum Gasteiger partial charge on any atom is -0.306 e. The Morgan fingerprint density at radius 3 is 2.70 bits per heavy atom. The molecule has 0 aliphatic carbocycles. The van der Waals surface area contributed by atoms with E-state index in [2.05, 4.69) is 10.3 Å². The number of halogens is 3. The third kappa shape index (κ3) is 3.32. The molecule has 106 valence electrons. The SMILES string of the molecule is CCCNC(c1ccncc1F)c1cc(Cl)ccc1F. The Bertz CT molecular complexity index is 590. The molecule has 0 saturated carbocycles. The van der Waals surface area contributed by atoms with Crippen molar-refractivity contribution < 1.29 is 8.78 Å². The van der Waals surface area contributed by atoms with E-state index < -0.39 is 17.7 Å². The standard InChI is InChI=1S/C15H15ClF2N2/c1-2-6-20-15(11-5-7-19-9-14(11)18)12-8-10(16)3-4-13(12)17/h3-5,7-9,15,20H,2,6H2,1H3. The number of benzene rings is 1. The van der Waals surface area contributed by atoms with Gasteiger partial charge in [-0.15, -0.1) is 0 Å². The smallest absolute Gasteiger partial charge is 0.146 e. The molecule has 2 aromatic rings. The van der Waals surface area contributed by atoms with E-state index in [1.807, 2.05) is 6.92 Å². The normalized spacial score (nSPS) is 12.4. The van der Waals surface area contributed by atoms with Crippen LogP contribution in [0.25, 0.3) is 0 Å². The van der Waals surface area contributed by atoms with Gasteiger partial charge in [-0.2, -0.15) is 0 Å². The Kier molecular flexibility index (Phi) is 5.04. The lowest BCUT2D eigenvalue weighted by atomic mass is 9.98. The molecule has 1 N–H and O–H groups in total. The summed E-state index contributed by atoms with van der Waals surface area (Å²) in [7, 11) is 0. The predicted octanol–water partition coefficient (Wildman–Crippen LogP) is 4.10. The maximum Gasteiger partial charge on any atom is 0.146 e. The lowest BCUT2D eigenvalue weighted by Crippen LogP contribution is -2.25. The number of hydrogen-bond donors (Lipinski definition) is 1. The van der Waals surface area contributed by atoms with Gasteiger partial charge in [-0.25, -0.2) is 8.78 Å². The van der Waals surface area contributed by atoms with Crippen molar-refractivity contribution in [2.45, 2.75) is 19.4 Å². The van der Waals surface area contributed by atoms with Crippen LogP contribution in [0.15, 0.2) is 36.7 Å². The van der Waals surface area contributed by atoms with Crippen LogP contribution < -0.4 is 5.32 Å². The van der Waals surface area contributed by atoms with Crippen LogP contribution in [0.2, 0.25) is 5.02 Å². The first-order valence-electron chi connectivity index (χ1n) is 6.41. The number of rotatable bonds is 5. The van der Waals surface area contributed by atoms with Gasteiger partial charge in [-0.05, 0) is 37.2 Å². The number of aromatic nitrogens is 1. The molecule has 5 heteroatoms. The minimum atomic E-state index is -0.586. The molecule has 2 rings (SSSR count). The Morgan fingerprint density at radius 2 is 2.00 bits per heavy atom. The van der Waals surface area contributed by atoms with Gasteiger partial charge in [0.25, 0.3) is 0 Å². The van der Waals surface area contributed by atoms with Gasteiger partial charge in [-0.1, -0.05) is 18.5 Å². The molecule has 1 aromatic heterocycles. The summed E-state index contributed by atoms with van der Waals surface area (Å²) in [4.78, 5) is 3.72. The molecule has 0 fully saturated rings. The van der Waals surface area contributed by atoms with Crippen molar-refractivity contribution in [3.63, 3.8) is 0 Å². The summed E-state index contributed by atoms with van der Waals surface area (Å²) < 4.78 is 28.0. The van der Waals surface area contributed by atoms with Crippen LogP contribution in [0.3, 0.4) is 0 Å². The first-order chi connectivity index (χ1) is 9.63. The lowest BCUT2D eigenvalue weighted by molar-refractivity contribution is 0.518. The molecule has 20 heavy (non-hydrogen) atoms. The summed E-state index contributed by atoms with van der Waals surface area (Å²) in [5.41, 5.74) is 0.686. The quantitative estimate of drug-likeness (QED) is 0.898. The molecule has 0 bridgehead atoms. The minimum absolute atomic E-state index is 0.330. The van der Waals surface area contributed by atoms with Crippen LogP contribution in [0, 0.1) is 11.6 Å². The predicted molar refractivity (Wildman–Crippen MR) is 75.7 cm³/mol. The van der Waals surface area contributed by atoms with E-state index in [1.165, 1.54) is 24.4 Å². The maximum absolute atomic E-state index is 14.0. The van der Waals surface area contributed by atoms with Gasteiger partial charge in [0.05, 0.1) is 12.2 Å². The highest BCUT2D eigenvalue weighted by atomic mass is 35.5. The molecule has 1 unspecified atom stereocenters. The van der Waals surface area contributed by atoms with Crippen molar-refractivity contribution >= 4 is 11.6 Å².